The van der Waals surface area contributed by atoms with Crippen LogP contribution >= 0.6 is 0 Å². The van der Waals surface area contributed by atoms with E-state index in [0.29, 0.717) is 16.9 Å². The molecular weight excluding hydrogens is 342 g/mol. The minimum absolute atomic E-state index is 0.00813. The number of carbonyl (C=O) groups excluding carboxylic acids is 1. The lowest BCUT2D eigenvalue weighted by Gasteiger charge is -2.05. The number of nitro groups is 1. The first-order chi connectivity index (χ1) is 13.0. The van der Waals surface area contributed by atoms with Crippen molar-refractivity contribution < 1.29 is 14.5 Å². The van der Waals surface area contributed by atoms with Gasteiger partial charge in [-0.15, -0.1) is 0 Å². The first kappa shape index (κ1) is 16.7. The second-order valence-electron chi connectivity index (χ2n) is 6.41. The summed E-state index contributed by atoms with van der Waals surface area (Å²) in [4.78, 5) is 22.5. The van der Waals surface area contributed by atoms with Crippen molar-refractivity contribution in [2.45, 2.75) is 6.92 Å². The smallest absolute Gasteiger partial charge is 0.343 e. The highest BCUT2D eigenvalue weighted by Crippen LogP contribution is 2.30. The molecule has 5 nitrogen and oxygen atoms in total. The first-order valence-electron chi connectivity index (χ1n) is 8.40. The van der Waals surface area contributed by atoms with Crippen LogP contribution in [0.3, 0.4) is 0 Å². The average Bonchev–Trinajstić information content (AvgIpc) is 3.02. The third-order valence-electron chi connectivity index (χ3n) is 4.43. The minimum Gasteiger partial charge on any atom is -0.422 e. The van der Waals surface area contributed by atoms with Crippen LogP contribution in [0.1, 0.15) is 16.7 Å². The van der Waals surface area contributed by atoms with Gasteiger partial charge in [-0.1, -0.05) is 35.9 Å². The summed E-state index contributed by atoms with van der Waals surface area (Å²) in [7, 11) is 0. The van der Waals surface area contributed by atoms with Gasteiger partial charge in [-0.3, -0.25) is 10.1 Å². The highest BCUT2D eigenvalue weighted by Gasteiger charge is 2.22. The van der Waals surface area contributed by atoms with Crippen LogP contribution in [0.2, 0.25) is 0 Å². The maximum Gasteiger partial charge on any atom is 0.343 e. The quantitative estimate of drug-likeness (QED) is 0.285. The van der Waals surface area contributed by atoms with E-state index in [-0.39, 0.29) is 5.69 Å². The number of cyclic esters (lactones) is 1. The summed E-state index contributed by atoms with van der Waals surface area (Å²) in [6, 6.07) is 18.1. The van der Waals surface area contributed by atoms with Gasteiger partial charge >= 0.3 is 5.97 Å². The Balaban J connectivity index is 1.66. The predicted octanol–water partition coefficient (Wildman–Crippen LogP) is 5.04. The second kappa shape index (κ2) is 6.53. The maximum absolute atomic E-state index is 12.2. The molecule has 0 radical (unpaired) electrons. The molecule has 4 rings (SSSR count). The Bertz CT molecular complexity index is 1140. The highest BCUT2D eigenvalue weighted by molar-refractivity contribution is 6.05. The summed E-state index contributed by atoms with van der Waals surface area (Å²) in [5.41, 5.74) is 3.12. The number of hydrogen-bond acceptors (Lipinski definition) is 4. The van der Waals surface area contributed by atoms with Crippen LogP contribution < -0.4 is 0 Å². The van der Waals surface area contributed by atoms with Crippen LogP contribution in [-0.2, 0) is 9.53 Å². The number of ether oxygens (including phenoxy) is 1. The van der Waals surface area contributed by atoms with Crippen LogP contribution in [-0.4, -0.2) is 10.9 Å². The molecule has 5 heteroatoms. The fraction of sp³-hybridized carbons (Fsp3) is 0.0455. The van der Waals surface area contributed by atoms with E-state index >= 15 is 0 Å². The zero-order chi connectivity index (χ0) is 19.0. The Morgan fingerprint density at radius 1 is 0.963 bits per heavy atom. The molecule has 0 aliphatic carbocycles. The number of fused-ring (bicyclic) bond motifs is 1. The standard InChI is InChI=1S/C22H15NO4/c1-14-2-5-17-12-18(7-6-16(17)10-14)21-13-19(22(24)27-21)11-15-3-8-20(9-4-15)23(25)26/h2-13H,1H3/b19-11+. The van der Waals surface area contributed by atoms with Gasteiger partial charge in [0, 0.05) is 17.7 Å². The molecule has 132 valence electrons. The fourth-order valence-electron chi connectivity index (χ4n) is 3.02. The molecule has 0 saturated carbocycles. The number of benzene rings is 3. The summed E-state index contributed by atoms with van der Waals surface area (Å²) in [6.45, 7) is 2.05. The van der Waals surface area contributed by atoms with E-state index in [4.69, 9.17) is 4.74 Å². The topological polar surface area (TPSA) is 69.4 Å². The molecule has 0 N–H and O–H groups in total. The summed E-state index contributed by atoms with van der Waals surface area (Å²) in [6.07, 6.45) is 3.35. The number of nitrogens with zero attached hydrogens (tertiary/aromatic N) is 1. The largest absolute Gasteiger partial charge is 0.422 e. The van der Waals surface area contributed by atoms with Gasteiger partial charge < -0.3 is 4.74 Å². The van der Waals surface area contributed by atoms with Crippen molar-refractivity contribution in [2.24, 2.45) is 0 Å². The molecule has 0 atom stereocenters. The summed E-state index contributed by atoms with van der Waals surface area (Å²) in [5.74, 6) is 0.0583. The van der Waals surface area contributed by atoms with Gasteiger partial charge in [0.1, 0.15) is 5.76 Å². The molecular formula is C22H15NO4. The van der Waals surface area contributed by atoms with Crippen LogP contribution in [0.5, 0.6) is 0 Å². The number of hydrogen-bond donors (Lipinski definition) is 0. The van der Waals surface area contributed by atoms with Gasteiger partial charge in [-0.25, -0.2) is 4.79 Å². The lowest BCUT2D eigenvalue weighted by atomic mass is 10.0. The van der Waals surface area contributed by atoms with Gasteiger partial charge in [0.05, 0.1) is 10.5 Å². The van der Waals surface area contributed by atoms with Crippen molar-refractivity contribution in [3.63, 3.8) is 0 Å². The summed E-state index contributed by atoms with van der Waals surface area (Å²) >= 11 is 0. The fourth-order valence-corrected chi connectivity index (χ4v) is 3.02. The van der Waals surface area contributed by atoms with E-state index in [9.17, 15) is 14.9 Å². The van der Waals surface area contributed by atoms with Crippen molar-refractivity contribution in [1.82, 2.24) is 0 Å². The molecule has 0 amide bonds. The molecule has 0 spiro atoms. The van der Waals surface area contributed by atoms with Crippen molar-refractivity contribution >= 4 is 34.3 Å². The first-order valence-corrected chi connectivity index (χ1v) is 8.40. The van der Waals surface area contributed by atoms with Crippen LogP contribution in [0.15, 0.2) is 72.3 Å². The van der Waals surface area contributed by atoms with Crippen molar-refractivity contribution in [2.75, 3.05) is 0 Å². The van der Waals surface area contributed by atoms with Crippen molar-refractivity contribution in [3.8, 4) is 0 Å². The molecule has 3 aromatic rings. The molecule has 0 unspecified atom stereocenters. The monoisotopic (exact) mass is 357 g/mol. The van der Waals surface area contributed by atoms with E-state index in [2.05, 4.69) is 6.07 Å². The van der Waals surface area contributed by atoms with E-state index in [1.807, 2.05) is 37.3 Å². The zero-order valence-corrected chi connectivity index (χ0v) is 14.5. The van der Waals surface area contributed by atoms with Crippen LogP contribution in [0, 0.1) is 17.0 Å². The van der Waals surface area contributed by atoms with Gasteiger partial charge in [-0.05, 0) is 53.6 Å². The van der Waals surface area contributed by atoms with Gasteiger partial charge in [0.2, 0.25) is 0 Å². The van der Waals surface area contributed by atoms with Crippen LogP contribution in [0.25, 0.3) is 22.6 Å². The second-order valence-corrected chi connectivity index (χ2v) is 6.41. The number of esters is 1. The Hall–Kier alpha value is -3.73. The highest BCUT2D eigenvalue weighted by atomic mass is 16.6. The Morgan fingerprint density at radius 2 is 1.67 bits per heavy atom. The number of rotatable bonds is 3. The summed E-state index contributed by atoms with van der Waals surface area (Å²) in [5, 5.41) is 12.9. The SMILES string of the molecule is Cc1ccc2cc(C3=C/C(=C\c4ccc([N+](=O)[O-])cc4)C(=O)O3)ccc2c1. The molecule has 27 heavy (non-hydrogen) atoms. The lowest BCUT2D eigenvalue weighted by Crippen LogP contribution is -1.97. The molecule has 0 bridgehead atoms. The van der Waals surface area contributed by atoms with E-state index in [0.717, 1.165) is 16.3 Å². The van der Waals surface area contributed by atoms with E-state index < -0.39 is 10.9 Å². The van der Waals surface area contributed by atoms with Crippen molar-refractivity contribution in [3.05, 3.63) is 99.1 Å². The molecule has 1 aliphatic rings. The Labute approximate surface area is 155 Å². The number of non-ortho nitro benzene ring substituents is 1. The maximum atomic E-state index is 12.2. The number of carbonyl (C=O) groups is 1. The molecule has 1 aliphatic heterocycles. The third-order valence-corrected chi connectivity index (χ3v) is 4.43. The van der Waals surface area contributed by atoms with Gasteiger partial charge in [0.15, 0.2) is 0 Å². The van der Waals surface area contributed by atoms with E-state index in [1.165, 1.54) is 17.7 Å². The van der Waals surface area contributed by atoms with Crippen molar-refractivity contribution in [1.29, 1.82) is 0 Å². The molecule has 0 fully saturated rings. The van der Waals surface area contributed by atoms with Crippen LogP contribution in [0.4, 0.5) is 5.69 Å². The summed E-state index contributed by atoms with van der Waals surface area (Å²) < 4.78 is 5.41. The molecule has 1 heterocycles. The Morgan fingerprint density at radius 3 is 2.41 bits per heavy atom. The lowest BCUT2D eigenvalue weighted by molar-refractivity contribution is -0.384. The average molecular weight is 357 g/mol. The van der Waals surface area contributed by atoms with Gasteiger partial charge in [-0.2, -0.15) is 0 Å². The Kier molecular flexibility index (Phi) is 4.05. The number of nitro benzene ring substituents is 1. The van der Waals surface area contributed by atoms with E-state index in [1.54, 1.807) is 24.3 Å². The van der Waals surface area contributed by atoms with Gasteiger partial charge in [0.25, 0.3) is 5.69 Å². The molecule has 0 saturated heterocycles. The normalized spacial score (nSPS) is 15.1. The predicted molar refractivity (Wildman–Crippen MR) is 104 cm³/mol. The number of aryl methyl sites for hydroxylation is 1. The third kappa shape index (κ3) is 3.35. The molecule has 3 aromatic carbocycles. The zero-order valence-electron chi connectivity index (χ0n) is 14.5. The molecule has 0 aromatic heterocycles. The minimum atomic E-state index is -0.458.